The van der Waals surface area contributed by atoms with Gasteiger partial charge in [0, 0.05) is 11.0 Å². The lowest BCUT2D eigenvalue weighted by Crippen LogP contribution is -2.39. The molecule has 0 fully saturated rings. The van der Waals surface area contributed by atoms with E-state index in [0.29, 0.717) is 0 Å². The van der Waals surface area contributed by atoms with E-state index in [-0.39, 0.29) is 18.6 Å². The van der Waals surface area contributed by atoms with Crippen LogP contribution in [0.25, 0.3) is 10.8 Å². The van der Waals surface area contributed by atoms with Crippen LogP contribution in [0.2, 0.25) is 0 Å². The Bertz CT molecular complexity index is 989. The highest BCUT2D eigenvalue weighted by atomic mass is 79.9. The maximum absolute atomic E-state index is 12.3. The van der Waals surface area contributed by atoms with Gasteiger partial charge < -0.3 is 15.7 Å². The van der Waals surface area contributed by atoms with Crippen molar-refractivity contribution in [2.45, 2.75) is 25.0 Å². The van der Waals surface area contributed by atoms with Gasteiger partial charge in [0.05, 0.1) is 12.1 Å². The molecule has 138 valence electrons. The van der Waals surface area contributed by atoms with Crippen LogP contribution in [-0.2, 0) is 6.42 Å². The second-order valence-electron chi connectivity index (χ2n) is 6.88. The molecule has 4 nitrogen and oxygen atoms in total. The summed E-state index contributed by atoms with van der Waals surface area (Å²) in [5, 5.41) is 18.4. The molecule has 4 rings (SSSR count). The van der Waals surface area contributed by atoms with Crippen LogP contribution in [0.3, 0.4) is 0 Å². The number of carbonyl (C=O) groups excluding carboxylic acids is 1. The lowest BCUT2D eigenvalue weighted by molar-refractivity contribution is 0.172. The van der Waals surface area contributed by atoms with Crippen molar-refractivity contribution in [3.8, 4) is 0 Å². The molecule has 0 saturated heterocycles. The van der Waals surface area contributed by atoms with Crippen molar-refractivity contribution in [1.29, 1.82) is 0 Å². The number of aliphatic hydroxyl groups excluding tert-OH is 1. The molecule has 0 bridgehead atoms. The number of halogens is 1. The molecule has 3 N–H and O–H groups in total. The molecule has 0 saturated carbocycles. The van der Waals surface area contributed by atoms with Gasteiger partial charge in [-0.25, -0.2) is 4.79 Å². The first kappa shape index (κ1) is 18.0. The number of hydrogen-bond donors (Lipinski definition) is 3. The molecular weight excluding hydrogens is 404 g/mol. The summed E-state index contributed by atoms with van der Waals surface area (Å²) in [6.07, 6.45) is 1.09. The average Bonchev–Trinajstić information content (AvgIpc) is 3.10. The first-order valence-electron chi connectivity index (χ1n) is 9.10. The Morgan fingerprint density at radius 2 is 1.93 bits per heavy atom. The Kier molecular flexibility index (Phi) is 5.14. The smallest absolute Gasteiger partial charge is 0.315 e. The van der Waals surface area contributed by atoms with Crippen LogP contribution in [0.1, 0.15) is 35.3 Å². The SMILES string of the molecule is O=C(NCC(O)c1ccc2ccccc2c1)NC1CCc2c(Br)cccc21. The van der Waals surface area contributed by atoms with Crippen LogP contribution in [0.5, 0.6) is 0 Å². The van der Waals surface area contributed by atoms with Gasteiger partial charge in [0.15, 0.2) is 0 Å². The molecule has 1 aliphatic carbocycles. The summed E-state index contributed by atoms with van der Waals surface area (Å²) in [7, 11) is 0. The number of benzene rings is 3. The molecule has 0 aliphatic heterocycles. The molecule has 3 aromatic carbocycles. The van der Waals surface area contributed by atoms with Crippen LogP contribution in [0, 0.1) is 0 Å². The zero-order chi connectivity index (χ0) is 18.8. The Labute approximate surface area is 166 Å². The predicted molar refractivity (Wildman–Crippen MR) is 111 cm³/mol. The Morgan fingerprint density at radius 3 is 2.78 bits per heavy atom. The predicted octanol–water partition coefficient (Wildman–Crippen LogP) is 4.62. The van der Waals surface area contributed by atoms with Crippen molar-refractivity contribution in [1.82, 2.24) is 10.6 Å². The van der Waals surface area contributed by atoms with E-state index in [1.54, 1.807) is 0 Å². The summed E-state index contributed by atoms with van der Waals surface area (Å²) in [5.74, 6) is 0. The topological polar surface area (TPSA) is 61.4 Å². The van der Waals surface area contributed by atoms with Crippen molar-refractivity contribution in [3.63, 3.8) is 0 Å². The lowest BCUT2D eigenvalue weighted by Gasteiger charge is -2.17. The van der Waals surface area contributed by atoms with Gasteiger partial charge in [0.2, 0.25) is 0 Å². The Balaban J connectivity index is 1.36. The van der Waals surface area contributed by atoms with Crippen molar-refractivity contribution >= 4 is 32.7 Å². The summed E-state index contributed by atoms with van der Waals surface area (Å²) in [4.78, 5) is 12.3. The summed E-state index contributed by atoms with van der Waals surface area (Å²) in [5.41, 5.74) is 3.22. The van der Waals surface area contributed by atoms with Gasteiger partial charge in [-0.2, -0.15) is 0 Å². The molecule has 2 atom stereocenters. The van der Waals surface area contributed by atoms with E-state index in [4.69, 9.17) is 0 Å². The van der Waals surface area contributed by atoms with E-state index >= 15 is 0 Å². The zero-order valence-electron chi connectivity index (χ0n) is 14.8. The minimum Gasteiger partial charge on any atom is -0.387 e. The van der Waals surface area contributed by atoms with Crippen LogP contribution in [0.15, 0.2) is 65.1 Å². The molecule has 2 amide bonds. The summed E-state index contributed by atoms with van der Waals surface area (Å²) < 4.78 is 1.09. The molecular formula is C22H21BrN2O2. The van der Waals surface area contributed by atoms with Gasteiger partial charge in [-0.05, 0) is 52.4 Å². The number of fused-ring (bicyclic) bond motifs is 2. The van der Waals surface area contributed by atoms with Gasteiger partial charge in [-0.3, -0.25) is 0 Å². The van der Waals surface area contributed by atoms with E-state index in [1.165, 1.54) is 5.56 Å². The van der Waals surface area contributed by atoms with Crippen molar-refractivity contribution in [3.05, 3.63) is 81.8 Å². The standard InChI is InChI=1S/C22H21BrN2O2/c23-19-7-3-6-18-17(19)10-11-20(18)25-22(27)24-13-21(26)16-9-8-14-4-1-2-5-15(14)12-16/h1-9,12,20-21,26H,10-11,13H2,(H2,24,25,27). The Morgan fingerprint density at radius 1 is 1.11 bits per heavy atom. The normalized spacial score (nSPS) is 16.7. The van der Waals surface area contributed by atoms with Gasteiger partial charge in [0.1, 0.15) is 0 Å². The molecule has 0 heterocycles. The van der Waals surface area contributed by atoms with E-state index < -0.39 is 6.10 Å². The fraction of sp³-hybridized carbons (Fsp3) is 0.227. The van der Waals surface area contributed by atoms with E-state index in [9.17, 15) is 9.90 Å². The minimum atomic E-state index is -0.745. The van der Waals surface area contributed by atoms with Gasteiger partial charge in [-0.15, -0.1) is 0 Å². The summed E-state index contributed by atoms with van der Waals surface area (Å²) >= 11 is 3.57. The molecule has 3 aromatic rings. The Hall–Kier alpha value is -2.37. The first-order valence-corrected chi connectivity index (χ1v) is 9.89. The molecule has 5 heteroatoms. The highest BCUT2D eigenvalue weighted by Crippen LogP contribution is 2.35. The fourth-order valence-corrected chi connectivity index (χ4v) is 4.27. The highest BCUT2D eigenvalue weighted by Gasteiger charge is 2.25. The average molecular weight is 425 g/mol. The number of amides is 2. The second-order valence-corrected chi connectivity index (χ2v) is 7.73. The van der Waals surface area contributed by atoms with Crippen LogP contribution in [-0.4, -0.2) is 17.7 Å². The summed E-state index contributed by atoms with van der Waals surface area (Å²) in [6.45, 7) is 0.169. The lowest BCUT2D eigenvalue weighted by atomic mass is 10.0. The van der Waals surface area contributed by atoms with Gasteiger partial charge in [0.25, 0.3) is 0 Å². The van der Waals surface area contributed by atoms with Crippen LogP contribution >= 0.6 is 15.9 Å². The van der Waals surface area contributed by atoms with Gasteiger partial charge in [-0.1, -0.05) is 64.5 Å². The maximum atomic E-state index is 12.3. The number of carbonyl (C=O) groups is 1. The fourth-order valence-electron chi connectivity index (χ4n) is 3.69. The quantitative estimate of drug-likeness (QED) is 0.571. The largest absolute Gasteiger partial charge is 0.387 e. The maximum Gasteiger partial charge on any atom is 0.315 e. The second kappa shape index (κ2) is 7.71. The monoisotopic (exact) mass is 424 g/mol. The first-order chi connectivity index (χ1) is 13.1. The highest BCUT2D eigenvalue weighted by molar-refractivity contribution is 9.10. The third-order valence-electron chi connectivity index (χ3n) is 5.13. The molecule has 1 aliphatic rings. The van der Waals surface area contributed by atoms with Crippen LogP contribution in [0.4, 0.5) is 4.79 Å². The third kappa shape index (κ3) is 3.84. The van der Waals surface area contributed by atoms with Crippen molar-refractivity contribution in [2.24, 2.45) is 0 Å². The van der Waals surface area contributed by atoms with Crippen molar-refractivity contribution < 1.29 is 9.90 Å². The molecule has 2 unspecified atom stereocenters. The molecule has 0 aromatic heterocycles. The molecule has 0 spiro atoms. The number of rotatable bonds is 4. The van der Waals surface area contributed by atoms with Crippen molar-refractivity contribution in [2.75, 3.05) is 6.54 Å². The third-order valence-corrected chi connectivity index (χ3v) is 5.88. The number of nitrogens with one attached hydrogen (secondary N) is 2. The van der Waals surface area contributed by atoms with Crippen LogP contribution < -0.4 is 10.6 Å². The minimum absolute atomic E-state index is 0.00955. The van der Waals surface area contributed by atoms with E-state index in [2.05, 4.69) is 32.6 Å². The summed E-state index contributed by atoms with van der Waals surface area (Å²) in [6, 6.07) is 19.7. The van der Waals surface area contributed by atoms with E-state index in [0.717, 1.165) is 39.2 Å². The molecule has 0 radical (unpaired) electrons. The molecule has 27 heavy (non-hydrogen) atoms. The number of urea groups is 1. The zero-order valence-corrected chi connectivity index (χ0v) is 16.4. The van der Waals surface area contributed by atoms with Gasteiger partial charge >= 0.3 is 6.03 Å². The number of aliphatic hydroxyl groups is 1. The van der Waals surface area contributed by atoms with E-state index in [1.807, 2.05) is 54.6 Å². The number of hydrogen-bond acceptors (Lipinski definition) is 2.